The number of methoxy groups -OCH3 is 1. The van der Waals surface area contributed by atoms with Crippen molar-refractivity contribution < 1.29 is 23.1 Å². The molecule has 21 heavy (non-hydrogen) atoms. The third-order valence-electron chi connectivity index (χ3n) is 2.62. The number of esters is 1. The lowest BCUT2D eigenvalue weighted by molar-refractivity contribution is -0.140. The number of carbonyl (C=O) groups is 1. The second-order valence-corrected chi connectivity index (χ2v) is 6.08. The van der Waals surface area contributed by atoms with Crippen LogP contribution in [0.4, 0.5) is 5.69 Å². The summed E-state index contributed by atoms with van der Waals surface area (Å²) in [6.45, 7) is 1.48. The molecule has 0 spiro atoms. The third kappa shape index (κ3) is 5.85. The maximum Gasteiger partial charge on any atom is 0.306 e. The smallest absolute Gasteiger partial charge is 0.306 e. The molecule has 1 aromatic carbocycles. The topological polar surface area (TPSA) is 92.7 Å². The molecule has 0 fully saturated rings. The molecule has 1 aromatic rings. The molecule has 0 atom stereocenters. The summed E-state index contributed by atoms with van der Waals surface area (Å²) in [5.41, 5.74) is 1.70. The zero-order valence-corrected chi connectivity index (χ0v) is 12.7. The highest BCUT2D eigenvalue weighted by Crippen LogP contribution is 2.18. The van der Waals surface area contributed by atoms with Crippen molar-refractivity contribution in [2.24, 2.45) is 0 Å². The molecule has 0 radical (unpaired) electrons. The van der Waals surface area contributed by atoms with Gasteiger partial charge in [0.1, 0.15) is 6.61 Å². The van der Waals surface area contributed by atoms with Crippen molar-refractivity contribution in [3.8, 4) is 11.8 Å². The minimum absolute atomic E-state index is 0.213. The van der Waals surface area contributed by atoms with Gasteiger partial charge in [-0.05, 0) is 24.6 Å². The van der Waals surface area contributed by atoms with Gasteiger partial charge in [0.15, 0.2) is 0 Å². The molecule has 0 amide bonds. The Morgan fingerprint density at radius 1 is 1.43 bits per heavy atom. The summed E-state index contributed by atoms with van der Waals surface area (Å²) in [6.07, 6.45) is -0.213. The van der Waals surface area contributed by atoms with Crippen molar-refractivity contribution in [1.82, 2.24) is 0 Å². The van der Waals surface area contributed by atoms with E-state index in [1.54, 1.807) is 25.1 Å². The number of aliphatic hydroxyl groups excluding tert-OH is 1. The van der Waals surface area contributed by atoms with Crippen LogP contribution in [0.2, 0.25) is 0 Å². The van der Waals surface area contributed by atoms with Crippen molar-refractivity contribution in [1.29, 1.82) is 0 Å². The number of rotatable bonds is 5. The normalized spacial score (nSPS) is 10.4. The van der Waals surface area contributed by atoms with Crippen molar-refractivity contribution in [3.63, 3.8) is 0 Å². The minimum Gasteiger partial charge on any atom is -0.469 e. The minimum atomic E-state index is -3.65. The van der Waals surface area contributed by atoms with Crippen molar-refractivity contribution in [3.05, 3.63) is 29.3 Å². The lowest BCUT2D eigenvalue weighted by Crippen LogP contribution is -2.20. The van der Waals surface area contributed by atoms with Crippen LogP contribution in [-0.2, 0) is 19.6 Å². The van der Waals surface area contributed by atoms with E-state index in [2.05, 4.69) is 21.3 Å². The van der Waals surface area contributed by atoms with Gasteiger partial charge in [0, 0.05) is 5.56 Å². The number of carbonyl (C=O) groups excluding carboxylic acids is 1. The quantitative estimate of drug-likeness (QED) is 0.615. The van der Waals surface area contributed by atoms with E-state index in [0.29, 0.717) is 11.3 Å². The number of aliphatic hydroxyl groups is 1. The summed E-state index contributed by atoms with van der Waals surface area (Å²) in [7, 11) is -2.44. The number of benzene rings is 1. The number of nitrogens with one attached hydrogen (secondary N) is 1. The summed E-state index contributed by atoms with van der Waals surface area (Å²) < 4.78 is 30.6. The Kier molecular flexibility index (Phi) is 6.21. The van der Waals surface area contributed by atoms with E-state index < -0.39 is 16.0 Å². The summed E-state index contributed by atoms with van der Waals surface area (Å²) in [6, 6.07) is 5.03. The third-order valence-corrected chi connectivity index (χ3v) is 3.89. The van der Waals surface area contributed by atoms with Crippen molar-refractivity contribution in [2.45, 2.75) is 13.3 Å². The lowest BCUT2D eigenvalue weighted by atomic mass is 10.1. The van der Waals surface area contributed by atoms with E-state index in [1.807, 2.05) is 0 Å². The van der Waals surface area contributed by atoms with Gasteiger partial charge < -0.3 is 9.84 Å². The zero-order valence-electron chi connectivity index (χ0n) is 11.8. The molecule has 6 nitrogen and oxygen atoms in total. The fourth-order valence-electron chi connectivity index (χ4n) is 1.49. The van der Waals surface area contributed by atoms with Gasteiger partial charge in [0.2, 0.25) is 10.0 Å². The highest BCUT2D eigenvalue weighted by atomic mass is 32.2. The molecule has 0 aromatic heterocycles. The average Bonchev–Trinajstić information content (AvgIpc) is 2.45. The summed E-state index contributed by atoms with van der Waals surface area (Å²) in [5.74, 6) is 4.25. The zero-order chi connectivity index (χ0) is 15.9. The predicted molar refractivity (Wildman–Crippen MR) is 79.2 cm³/mol. The average molecular weight is 311 g/mol. The first kappa shape index (κ1) is 17.0. The molecule has 0 saturated carbocycles. The molecule has 2 N–H and O–H groups in total. The monoisotopic (exact) mass is 311 g/mol. The van der Waals surface area contributed by atoms with Gasteiger partial charge in [0.25, 0.3) is 0 Å². The van der Waals surface area contributed by atoms with E-state index in [-0.39, 0.29) is 18.8 Å². The van der Waals surface area contributed by atoms with Crippen LogP contribution in [0.3, 0.4) is 0 Å². The lowest BCUT2D eigenvalue weighted by Gasteiger charge is -2.10. The summed E-state index contributed by atoms with van der Waals surface area (Å²) in [5, 5.41) is 8.65. The molecule has 1 rings (SSSR count). The highest BCUT2D eigenvalue weighted by molar-refractivity contribution is 7.92. The molecule has 7 heteroatoms. The number of hydrogen-bond donors (Lipinski definition) is 2. The molecule has 114 valence electrons. The first-order chi connectivity index (χ1) is 9.88. The van der Waals surface area contributed by atoms with Gasteiger partial charge in [-0.3, -0.25) is 9.52 Å². The van der Waals surface area contributed by atoms with Crippen LogP contribution < -0.4 is 4.72 Å². The summed E-state index contributed by atoms with van der Waals surface area (Å²) >= 11 is 0. The van der Waals surface area contributed by atoms with E-state index in [1.165, 1.54) is 7.11 Å². The Morgan fingerprint density at radius 3 is 2.76 bits per heavy atom. The standard InChI is InChI=1S/C14H17NO5S/c1-11-5-6-12(4-3-8-16)10-13(11)15-21(18,19)9-7-14(17)20-2/h5-6,10,15-16H,7-9H2,1-2H3. The van der Waals surface area contributed by atoms with Crippen molar-refractivity contribution >= 4 is 21.7 Å². The second-order valence-electron chi connectivity index (χ2n) is 4.24. The largest absolute Gasteiger partial charge is 0.469 e. The molecule has 0 unspecified atom stereocenters. The second kappa shape index (κ2) is 7.67. The number of anilines is 1. The van der Waals surface area contributed by atoms with Crippen molar-refractivity contribution in [2.75, 3.05) is 24.2 Å². The number of sulfonamides is 1. The number of hydrogen-bond acceptors (Lipinski definition) is 5. The van der Waals surface area contributed by atoms with Crippen LogP contribution in [0, 0.1) is 18.8 Å². The first-order valence-corrected chi connectivity index (χ1v) is 7.81. The molecule has 0 saturated heterocycles. The van der Waals surface area contributed by atoms with E-state index in [4.69, 9.17) is 5.11 Å². The molecular formula is C14H17NO5S. The molecule has 0 heterocycles. The van der Waals surface area contributed by atoms with Crippen LogP contribution in [-0.4, -0.2) is 39.0 Å². The Morgan fingerprint density at radius 2 is 2.14 bits per heavy atom. The maximum absolute atomic E-state index is 11.9. The van der Waals surface area contributed by atoms with Crippen LogP contribution in [0.1, 0.15) is 17.5 Å². The highest BCUT2D eigenvalue weighted by Gasteiger charge is 2.14. The SMILES string of the molecule is COC(=O)CCS(=O)(=O)Nc1cc(C#CCO)ccc1C. The Labute approximate surface area is 124 Å². The van der Waals surface area contributed by atoms with Gasteiger partial charge in [-0.1, -0.05) is 17.9 Å². The number of ether oxygens (including phenoxy) is 1. The maximum atomic E-state index is 11.9. The molecule has 0 aliphatic heterocycles. The van der Waals surface area contributed by atoms with E-state index in [9.17, 15) is 13.2 Å². The predicted octanol–water partition coefficient (Wildman–Crippen LogP) is 0.644. The van der Waals surface area contributed by atoms with Crippen LogP contribution >= 0.6 is 0 Å². The van der Waals surface area contributed by atoms with E-state index in [0.717, 1.165) is 5.56 Å². The van der Waals surface area contributed by atoms with Gasteiger partial charge in [0.05, 0.1) is 25.0 Å². The van der Waals surface area contributed by atoms with Gasteiger partial charge in [-0.25, -0.2) is 8.42 Å². The molecule has 0 bridgehead atoms. The van der Waals surface area contributed by atoms with Crippen LogP contribution in [0.25, 0.3) is 0 Å². The Hall–Kier alpha value is -2.04. The Balaban J connectivity index is 2.88. The molecule has 0 aliphatic carbocycles. The van der Waals surface area contributed by atoms with Gasteiger partial charge >= 0.3 is 5.97 Å². The number of aryl methyl sites for hydroxylation is 1. The first-order valence-electron chi connectivity index (χ1n) is 6.15. The van der Waals surface area contributed by atoms with Gasteiger partial charge in [-0.15, -0.1) is 0 Å². The van der Waals surface area contributed by atoms with Crippen LogP contribution in [0.15, 0.2) is 18.2 Å². The van der Waals surface area contributed by atoms with E-state index >= 15 is 0 Å². The fourth-order valence-corrected chi connectivity index (χ4v) is 2.58. The molecule has 0 aliphatic rings. The fraction of sp³-hybridized carbons (Fsp3) is 0.357. The Bertz CT molecular complexity index is 670. The van der Waals surface area contributed by atoms with Gasteiger partial charge in [-0.2, -0.15) is 0 Å². The summed E-state index contributed by atoms with van der Waals surface area (Å²) in [4.78, 5) is 11.0. The molecular weight excluding hydrogens is 294 g/mol. The van der Waals surface area contributed by atoms with Crippen LogP contribution in [0.5, 0.6) is 0 Å².